The zero-order valence-corrected chi connectivity index (χ0v) is 15.4. The van der Waals surface area contributed by atoms with E-state index in [1.165, 1.54) is 0 Å². The van der Waals surface area contributed by atoms with E-state index in [-0.39, 0.29) is 0 Å². The Hall–Kier alpha value is -2.88. The lowest BCUT2D eigenvalue weighted by Gasteiger charge is -2.08. The van der Waals surface area contributed by atoms with Crippen molar-refractivity contribution in [3.63, 3.8) is 0 Å². The van der Waals surface area contributed by atoms with Gasteiger partial charge in [-0.2, -0.15) is 0 Å². The molecule has 0 spiro atoms. The highest BCUT2D eigenvalue weighted by Gasteiger charge is 2.19. The summed E-state index contributed by atoms with van der Waals surface area (Å²) in [5.74, 6) is -1.42. The Morgan fingerprint density at radius 3 is 1.52 bits per heavy atom. The lowest BCUT2D eigenvalue weighted by molar-refractivity contribution is 0.0400. The van der Waals surface area contributed by atoms with Gasteiger partial charge in [0.2, 0.25) is 0 Å². The molecule has 0 bridgehead atoms. The number of halogens is 2. The zero-order valence-electron chi connectivity index (χ0n) is 13.9. The number of esters is 2. The first-order valence-electron chi connectivity index (χ1n) is 8.16. The predicted octanol–water partition coefficient (Wildman–Crippen LogP) is 6.30. The van der Waals surface area contributed by atoms with Gasteiger partial charge in [-0.3, -0.25) is 0 Å². The van der Waals surface area contributed by atoms with Gasteiger partial charge in [0.05, 0.1) is 11.1 Å². The molecule has 4 rings (SSSR count). The largest absolute Gasteiger partial charge is 0.386 e. The molecule has 0 aromatic heterocycles. The maximum Gasteiger partial charge on any atom is 0.346 e. The Bertz CT molecular complexity index is 1120. The molecule has 0 aliphatic heterocycles. The van der Waals surface area contributed by atoms with Gasteiger partial charge in [0, 0.05) is 10.0 Å². The number of fused-ring (bicyclic) bond motifs is 2. The smallest absolute Gasteiger partial charge is 0.346 e. The molecule has 3 nitrogen and oxygen atoms in total. The molecule has 0 aliphatic rings. The highest BCUT2D eigenvalue weighted by molar-refractivity contribution is 6.32. The lowest BCUT2D eigenvalue weighted by Crippen LogP contribution is -2.13. The number of ether oxygens (including phenoxy) is 1. The van der Waals surface area contributed by atoms with E-state index in [0.29, 0.717) is 31.9 Å². The molecule has 0 saturated carbocycles. The van der Waals surface area contributed by atoms with E-state index < -0.39 is 11.9 Å². The average molecular weight is 395 g/mol. The topological polar surface area (TPSA) is 43.4 Å². The summed E-state index contributed by atoms with van der Waals surface area (Å²) in [7, 11) is 0. The van der Waals surface area contributed by atoms with Gasteiger partial charge < -0.3 is 4.74 Å². The van der Waals surface area contributed by atoms with Crippen LogP contribution in [-0.4, -0.2) is 11.9 Å². The molecule has 0 atom stereocenters. The van der Waals surface area contributed by atoms with Gasteiger partial charge in [-0.05, 0) is 57.9 Å². The number of carbonyl (C=O) groups excluding carboxylic acids is 2. The fourth-order valence-electron chi connectivity index (χ4n) is 3.06. The Kier molecular flexibility index (Phi) is 4.56. The first kappa shape index (κ1) is 17.5. The minimum Gasteiger partial charge on any atom is -0.386 e. The molecule has 4 aromatic carbocycles. The summed E-state index contributed by atoms with van der Waals surface area (Å²) in [4.78, 5) is 25.2. The number of hydrogen-bond donors (Lipinski definition) is 0. The van der Waals surface area contributed by atoms with Gasteiger partial charge in [0.1, 0.15) is 0 Å². The monoisotopic (exact) mass is 394 g/mol. The van der Waals surface area contributed by atoms with Crippen molar-refractivity contribution in [1.82, 2.24) is 0 Å². The first-order valence-corrected chi connectivity index (χ1v) is 8.91. The minimum absolute atomic E-state index is 0.306. The second-order valence-electron chi connectivity index (χ2n) is 6.02. The van der Waals surface area contributed by atoms with Gasteiger partial charge >= 0.3 is 11.9 Å². The summed E-state index contributed by atoms with van der Waals surface area (Å²) < 4.78 is 5.16. The van der Waals surface area contributed by atoms with E-state index in [2.05, 4.69) is 0 Å². The lowest BCUT2D eigenvalue weighted by atomic mass is 10.0. The van der Waals surface area contributed by atoms with Crippen LogP contribution in [0.5, 0.6) is 0 Å². The molecule has 0 heterocycles. The van der Waals surface area contributed by atoms with Gasteiger partial charge in [-0.1, -0.05) is 59.6 Å². The third-order valence-corrected chi connectivity index (χ3v) is 4.78. The van der Waals surface area contributed by atoms with Crippen molar-refractivity contribution >= 4 is 56.7 Å². The standard InChI is InChI=1S/C22H12Cl2O3/c23-15-7-9-17-13(11-15)3-1-5-19(17)21(25)27-22(26)20-6-2-4-14-12-16(24)8-10-18(14)20/h1-12H. The van der Waals surface area contributed by atoms with Gasteiger partial charge in [-0.25, -0.2) is 9.59 Å². The third kappa shape index (κ3) is 3.39. The molecule has 4 aromatic rings. The molecule has 27 heavy (non-hydrogen) atoms. The van der Waals surface area contributed by atoms with Crippen LogP contribution in [0.3, 0.4) is 0 Å². The fraction of sp³-hybridized carbons (Fsp3) is 0. The average Bonchev–Trinajstić information content (AvgIpc) is 2.66. The van der Waals surface area contributed by atoms with Crippen molar-refractivity contribution in [1.29, 1.82) is 0 Å². The van der Waals surface area contributed by atoms with Crippen molar-refractivity contribution < 1.29 is 14.3 Å². The second kappa shape index (κ2) is 7.03. The van der Waals surface area contributed by atoms with E-state index in [1.54, 1.807) is 60.7 Å². The molecular formula is C22H12Cl2O3. The van der Waals surface area contributed by atoms with E-state index >= 15 is 0 Å². The molecule has 0 saturated heterocycles. The molecule has 0 radical (unpaired) electrons. The Morgan fingerprint density at radius 1 is 0.630 bits per heavy atom. The molecule has 0 fully saturated rings. The highest BCUT2D eigenvalue weighted by Crippen LogP contribution is 2.25. The summed E-state index contributed by atoms with van der Waals surface area (Å²) in [6.07, 6.45) is 0. The SMILES string of the molecule is O=C(OC(=O)c1cccc2cc(Cl)ccc12)c1cccc2cc(Cl)ccc12. The summed E-state index contributed by atoms with van der Waals surface area (Å²) in [6, 6.07) is 20.7. The van der Waals surface area contributed by atoms with E-state index in [1.807, 2.05) is 12.1 Å². The number of rotatable bonds is 2. The van der Waals surface area contributed by atoms with Gasteiger partial charge in [-0.15, -0.1) is 0 Å². The summed E-state index contributed by atoms with van der Waals surface area (Å²) >= 11 is 12.0. The van der Waals surface area contributed by atoms with Gasteiger partial charge in [0.25, 0.3) is 0 Å². The zero-order chi connectivity index (χ0) is 19.0. The summed E-state index contributed by atoms with van der Waals surface area (Å²) in [5, 5.41) is 4.07. The van der Waals surface area contributed by atoms with Crippen LogP contribution >= 0.6 is 23.2 Å². The Labute approximate surface area is 165 Å². The molecule has 0 aliphatic carbocycles. The van der Waals surface area contributed by atoms with Crippen LogP contribution in [0.2, 0.25) is 10.0 Å². The van der Waals surface area contributed by atoms with Crippen LogP contribution in [0.25, 0.3) is 21.5 Å². The fourth-order valence-corrected chi connectivity index (χ4v) is 3.42. The summed E-state index contributed by atoms with van der Waals surface area (Å²) in [5.41, 5.74) is 0.613. The van der Waals surface area contributed by atoms with Crippen molar-refractivity contribution in [3.05, 3.63) is 94.0 Å². The van der Waals surface area contributed by atoms with Crippen LogP contribution in [-0.2, 0) is 4.74 Å². The molecular weight excluding hydrogens is 383 g/mol. The quantitative estimate of drug-likeness (QED) is 0.296. The minimum atomic E-state index is -0.709. The van der Waals surface area contributed by atoms with Crippen molar-refractivity contribution in [2.24, 2.45) is 0 Å². The molecule has 0 amide bonds. The van der Waals surface area contributed by atoms with E-state index in [0.717, 1.165) is 10.8 Å². The van der Waals surface area contributed by atoms with Crippen molar-refractivity contribution in [3.8, 4) is 0 Å². The maximum absolute atomic E-state index is 12.6. The molecule has 0 unspecified atom stereocenters. The normalized spacial score (nSPS) is 10.9. The van der Waals surface area contributed by atoms with Crippen molar-refractivity contribution in [2.75, 3.05) is 0 Å². The Morgan fingerprint density at radius 2 is 1.07 bits per heavy atom. The predicted molar refractivity (Wildman–Crippen MR) is 108 cm³/mol. The number of carbonyl (C=O) groups is 2. The van der Waals surface area contributed by atoms with Crippen molar-refractivity contribution in [2.45, 2.75) is 0 Å². The first-order chi connectivity index (χ1) is 13.0. The van der Waals surface area contributed by atoms with Crippen LogP contribution in [0.1, 0.15) is 20.7 Å². The highest BCUT2D eigenvalue weighted by atomic mass is 35.5. The number of benzene rings is 4. The van der Waals surface area contributed by atoms with E-state index in [9.17, 15) is 9.59 Å². The van der Waals surface area contributed by atoms with E-state index in [4.69, 9.17) is 27.9 Å². The third-order valence-electron chi connectivity index (χ3n) is 4.31. The van der Waals surface area contributed by atoms with Crippen LogP contribution in [0.15, 0.2) is 72.8 Å². The van der Waals surface area contributed by atoms with Crippen LogP contribution in [0.4, 0.5) is 0 Å². The Balaban J connectivity index is 1.69. The molecule has 5 heteroatoms. The number of hydrogen-bond acceptors (Lipinski definition) is 3. The summed E-state index contributed by atoms with van der Waals surface area (Å²) in [6.45, 7) is 0. The van der Waals surface area contributed by atoms with Crippen LogP contribution in [0, 0.1) is 0 Å². The van der Waals surface area contributed by atoms with Gasteiger partial charge in [0.15, 0.2) is 0 Å². The molecule has 0 N–H and O–H groups in total. The molecule has 132 valence electrons. The maximum atomic E-state index is 12.6. The van der Waals surface area contributed by atoms with Crippen LogP contribution < -0.4 is 0 Å². The second-order valence-corrected chi connectivity index (χ2v) is 6.89.